The molecular weight excluding hydrogens is 292 g/mol. The summed E-state index contributed by atoms with van der Waals surface area (Å²) >= 11 is 16.6. The maximum Gasteiger partial charge on any atom is 0.234 e. The number of isothiocyanates is 1. The van der Waals surface area contributed by atoms with Crippen molar-refractivity contribution in [2.75, 3.05) is 0 Å². The third kappa shape index (κ3) is 2.70. The monoisotopic (exact) mass is 299 g/mol. The Morgan fingerprint density at radius 2 is 1.94 bits per heavy atom. The van der Waals surface area contributed by atoms with Gasteiger partial charge in [0.15, 0.2) is 0 Å². The van der Waals surface area contributed by atoms with Gasteiger partial charge >= 0.3 is 0 Å². The molecule has 0 amide bonds. The Hall–Kier alpha value is -0.990. The van der Waals surface area contributed by atoms with Crippen molar-refractivity contribution >= 4 is 46.2 Å². The topological polar surface area (TPSA) is 12.4 Å². The highest BCUT2D eigenvalue weighted by Crippen LogP contribution is 2.42. The summed E-state index contributed by atoms with van der Waals surface area (Å²) in [4.78, 5) is 3.46. The van der Waals surface area contributed by atoms with Gasteiger partial charge in [0.1, 0.15) is 0 Å². The SMILES string of the molecule is FC1(N=C=S)C=C(Cl)C(c2ccccc2)=C(Cl)C1. The van der Waals surface area contributed by atoms with Gasteiger partial charge in [-0.05, 0) is 23.9 Å². The standard InChI is InChI=1S/C13H8Cl2FNS/c14-10-6-13(16,17-8-18)7-11(15)12(10)9-4-2-1-3-5-9/h1-6H,7H2. The van der Waals surface area contributed by atoms with Crippen molar-refractivity contribution in [1.82, 2.24) is 0 Å². The van der Waals surface area contributed by atoms with Gasteiger partial charge in [-0.15, -0.1) is 0 Å². The molecule has 0 saturated carbocycles. The third-order valence-corrected chi connectivity index (χ3v) is 3.27. The van der Waals surface area contributed by atoms with Gasteiger partial charge in [0.25, 0.3) is 0 Å². The largest absolute Gasteiger partial charge is 0.234 e. The van der Waals surface area contributed by atoms with Crippen molar-refractivity contribution in [3.05, 3.63) is 52.0 Å². The Morgan fingerprint density at radius 1 is 1.28 bits per heavy atom. The minimum atomic E-state index is -1.99. The molecule has 0 radical (unpaired) electrons. The second kappa shape index (κ2) is 5.33. The molecule has 92 valence electrons. The number of hydrogen-bond acceptors (Lipinski definition) is 2. The van der Waals surface area contributed by atoms with E-state index in [4.69, 9.17) is 23.2 Å². The number of thiocarbonyl (C=S) groups is 1. The van der Waals surface area contributed by atoms with Crippen LogP contribution >= 0.6 is 35.4 Å². The zero-order valence-corrected chi connectivity index (χ0v) is 11.5. The Balaban J connectivity index is 2.47. The van der Waals surface area contributed by atoms with Crippen LogP contribution in [0, 0.1) is 0 Å². The fourth-order valence-corrected chi connectivity index (χ4v) is 2.79. The molecule has 1 atom stereocenters. The van der Waals surface area contributed by atoms with Crippen molar-refractivity contribution < 1.29 is 4.39 Å². The predicted molar refractivity (Wildman–Crippen MR) is 76.6 cm³/mol. The molecule has 0 bridgehead atoms. The van der Waals surface area contributed by atoms with Crippen molar-refractivity contribution in [3.63, 3.8) is 0 Å². The number of benzene rings is 1. The molecule has 0 spiro atoms. The van der Waals surface area contributed by atoms with E-state index in [1.54, 1.807) is 0 Å². The Morgan fingerprint density at radius 3 is 2.50 bits per heavy atom. The molecule has 1 aromatic rings. The molecule has 0 N–H and O–H groups in total. The summed E-state index contributed by atoms with van der Waals surface area (Å²) in [5.41, 5.74) is 1.48. The Kier molecular flexibility index (Phi) is 3.98. The van der Waals surface area contributed by atoms with Gasteiger partial charge < -0.3 is 0 Å². The fourth-order valence-electron chi connectivity index (χ4n) is 1.80. The zero-order valence-electron chi connectivity index (χ0n) is 9.16. The molecule has 18 heavy (non-hydrogen) atoms. The quantitative estimate of drug-likeness (QED) is 0.428. The van der Waals surface area contributed by atoms with E-state index >= 15 is 0 Å². The first-order valence-electron chi connectivity index (χ1n) is 5.16. The van der Waals surface area contributed by atoms with Crippen LogP contribution in [0.25, 0.3) is 5.57 Å². The number of aliphatic imine (C=N–C) groups is 1. The first-order valence-corrected chi connectivity index (χ1v) is 6.33. The van der Waals surface area contributed by atoms with Gasteiger partial charge in [-0.3, -0.25) is 0 Å². The van der Waals surface area contributed by atoms with Crippen LogP contribution in [0.4, 0.5) is 4.39 Å². The highest BCUT2D eigenvalue weighted by Gasteiger charge is 2.34. The van der Waals surface area contributed by atoms with Gasteiger partial charge in [-0.1, -0.05) is 53.5 Å². The summed E-state index contributed by atoms with van der Waals surface area (Å²) in [5, 5.41) is 2.58. The highest BCUT2D eigenvalue weighted by atomic mass is 35.5. The second-order valence-electron chi connectivity index (χ2n) is 3.84. The van der Waals surface area contributed by atoms with Crippen molar-refractivity contribution in [2.45, 2.75) is 12.2 Å². The van der Waals surface area contributed by atoms with Gasteiger partial charge in [0, 0.05) is 17.0 Å². The molecule has 1 nitrogen and oxygen atoms in total. The normalized spacial score (nSPS) is 23.4. The highest BCUT2D eigenvalue weighted by molar-refractivity contribution is 7.78. The average Bonchev–Trinajstić information content (AvgIpc) is 2.28. The summed E-state index contributed by atoms with van der Waals surface area (Å²) in [6, 6.07) is 9.34. The van der Waals surface area contributed by atoms with Crippen molar-refractivity contribution in [3.8, 4) is 0 Å². The number of alkyl halides is 1. The van der Waals surface area contributed by atoms with Crippen LogP contribution in [0.1, 0.15) is 12.0 Å². The van der Waals surface area contributed by atoms with Gasteiger partial charge in [0.05, 0.1) is 10.2 Å². The van der Waals surface area contributed by atoms with E-state index in [9.17, 15) is 4.39 Å². The van der Waals surface area contributed by atoms with Crippen LogP contribution in [-0.2, 0) is 0 Å². The molecule has 0 saturated heterocycles. The summed E-state index contributed by atoms with van der Waals surface area (Å²) in [6.45, 7) is 0. The molecule has 0 aromatic heterocycles. The van der Waals surface area contributed by atoms with E-state index in [0.29, 0.717) is 10.6 Å². The lowest BCUT2D eigenvalue weighted by Crippen LogP contribution is -2.20. The van der Waals surface area contributed by atoms with E-state index in [1.165, 1.54) is 6.08 Å². The first-order chi connectivity index (χ1) is 8.56. The summed E-state index contributed by atoms with van der Waals surface area (Å²) < 4.78 is 14.2. The van der Waals surface area contributed by atoms with E-state index in [-0.39, 0.29) is 11.5 Å². The number of allylic oxidation sites excluding steroid dienone is 2. The average molecular weight is 300 g/mol. The molecule has 1 aliphatic rings. The lowest BCUT2D eigenvalue weighted by molar-refractivity contribution is 0.245. The van der Waals surface area contributed by atoms with E-state index < -0.39 is 5.79 Å². The molecule has 1 unspecified atom stereocenters. The second-order valence-corrected chi connectivity index (χ2v) is 4.88. The minimum Gasteiger partial charge on any atom is -0.212 e. The molecule has 0 aliphatic heterocycles. The molecule has 1 aliphatic carbocycles. The zero-order chi connectivity index (χ0) is 13.2. The molecule has 0 fully saturated rings. The van der Waals surface area contributed by atoms with Crippen LogP contribution < -0.4 is 0 Å². The summed E-state index contributed by atoms with van der Waals surface area (Å²) in [7, 11) is 0. The molecular formula is C13H8Cl2FNS. The van der Waals surface area contributed by atoms with Crippen molar-refractivity contribution in [2.24, 2.45) is 4.99 Å². The first kappa shape index (κ1) is 13.4. The van der Waals surface area contributed by atoms with Crippen LogP contribution in [0.15, 0.2) is 51.5 Å². The molecule has 0 heterocycles. The summed E-state index contributed by atoms with van der Waals surface area (Å²) in [5.74, 6) is -1.99. The van der Waals surface area contributed by atoms with Gasteiger partial charge in [-0.25, -0.2) is 4.39 Å². The number of nitrogens with zero attached hydrogens (tertiary/aromatic N) is 1. The Bertz CT molecular complexity index is 576. The smallest absolute Gasteiger partial charge is 0.212 e. The van der Waals surface area contributed by atoms with Crippen molar-refractivity contribution in [1.29, 1.82) is 0 Å². The number of halogens is 3. The lowest BCUT2D eigenvalue weighted by atomic mass is 9.95. The van der Waals surface area contributed by atoms with E-state index in [1.807, 2.05) is 35.5 Å². The van der Waals surface area contributed by atoms with Crippen LogP contribution in [0.2, 0.25) is 0 Å². The molecule has 5 heteroatoms. The molecule has 1 aromatic carbocycles. The number of rotatable bonds is 2. The predicted octanol–water partition coefficient (Wildman–Crippen LogP) is 4.93. The Labute approximate surface area is 120 Å². The third-order valence-electron chi connectivity index (χ3n) is 2.56. The maximum atomic E-state index is 14.2. The van der Waals surface area contributed by atoms with Gasteiger partial charge in [-0.2, -0.15) is 4.99 Å². The van der Waals surface area contributed by atoms with Crippen LogP contribution in [0.3, 0.4) is 0 Å². The van der Waals surface area contributed by atoms with Crippen LogP contribution in [-0.4, -0.2) is 11.0 Å². The molecule has 2 rings (SSSR count). The maximum absolute atomic E-state index is 14.2. The van der Waals surface area contributed by atoms with E-state index in [0.717, 1.165) is 5.56 Å². The fraction of sp³-hybridized carbons (Fsp3) is 0.154. The summed E-state index contributed by atoms with van der Waals surface area (Å²) in [6.07, 6.45) is 1.13. The minimum absolute atomic E-state index is 0.0847. The van der Waals surface area contributed by atoms with Gasteiger partial charge in [0.2, 0.25) is 5.79 Å². The number of hydrogen-bond donors (Lipinski definition) is 0. The lowest BCUT2D eigenvalue weighted by Gasteiger charge is -2.23. The van der Waals surface area contributed by atoms with Crippen LogP contribution in [0.5, 0.6) is 0 Å². The van der Waals surface area contributed by atoms with E-state index in [2.05, 4.69) is 17.2 Å².